The number of rotatable bonds is 6. The first-order valence-electron chi connectivity index (χ1n) is 6.86. The summed E-state index contributed by atoms with van der Waals surface area (Å²) < 4.78 is 36.1. The molecule has 2 rings (SSSR count). The Hall–Kier alpha value is -2.42. The molecule has 1 amide bonds. The normalized spacial score (nSPS) is 11.3. The molecule has 0 aliphatic carbocycles. The Morgan fingerprint density at radius 3 is 2.46 bits per heavy atom. The first-order chi connectivity index (χ1) is 11.2. The maximum absolute atomic E-state index is 12.0. The molecule has 1 heterocycles. The highest BCUT2D eigenvalue weighted by atomic mass is 32.1. The second-order valence-corrected chi connectivity index (χ2v) is 5.84. The molecule has 24 heavy (non-hydrogen) atoms. The third-order valence-corrected chi connectivity index (χ3v) is 3.84. The van der Waals surface area contributed by atoms with Gasteiger partial charge in [0.15, 0.2) is 0 Å². The van der Waals surface area contributed by atoms with E-state index in [1.54, 1.807) is 17.5 Å². The lowest BCUT2D eigenvalue weighted by molar-refractivity contribution is -0.136. The average molecular weight is 358 g/mol. The van der Waals surface area contributed by atoms with Crippen molar-refractivity contribution < 1.29 is 27.9 Å². The molecular formula is C15H13F3N2O3S. The van der Waals surface area contributed by atoms with Crippen molar-refractivity contribution in [2.45, 2.75) is 19.0 Å². The molecule has 0 radical (unpaired) electrons. The van der Waals surface area contributed by atoms with Gasteiger partial charge in [-0.05, 0) is 12.1 Å². The van der Waals surface area contributed by atoms with Crippen molar-refractivity contribution >= 4 is 23.2 Å². The van der Waals surface area contributed by atoms with E-state index in [4.69, 9.17) is 5.11 Å². The first-order valence-corrected chi connectivity index (χ1v) is 7.74. The number of halogens is 3. The number of aromatic nitrogens is 1. The molecule has 0 aliphatic rings. The van der Waals surface area contributed by atoms with Gasteiger partial charge in [0.25, 0.3) is 5.91 Å². The predicted octanol–water partition coefficient (Wildman–Crippen LogP) is 3.12. The zero-order valence-corrected chi connectivity index (χ0v) is 13.1. The highest BCUT2D eigenvalue weighted by Crippen LogP contribution is 2.23. The summed E-state index contributed by atoms with van der Waals surface area (Å²) in [6.07, 6.45) is -5.55. The summed E-state index contributed by atoms with van der Waals surface area (Å²) in [6, 6.07) is 6.18. The number of carboxylic acids is 1. The zero-order chi connectivity index (χ0) is 17.7. The monoisotopic (exact) mass is 358 g/mol. The number of benzene rings is 1. The third-order valence-electron chi connectivity index (χ3n) is 2.99. The number of nitrogens with one attached hydrogen (secondary N) is 1. The number of hydrogen-bond acceptors (Lipinski definition) is 4. The van der Waals surface area contributed by atoms with Crippen molar-refractivity contribution in [3.63, 3.8) is 0 Å². The number of carbonyl (C=O) groups is 2. The van der Waals surface area contributed by atoms with E-state index < -0.39 is 31.0 Å². The fraction of sp³-hybridized carbons (Fsp3) is 0.267. The molecular weight excluding hydrogens is 345 g/mol. The Kier molecular flexibility index (Phi) is 5.55. The Bertz CT molecular complexity index is 726. The molecule has 0 fully saturated rings. The second-order valence-electron chi connectivity index (χ2n) is 4.90. The molecule has 1 aromatic heterocycles. The van der Waals surface area contributed by atoms with Crippen LogP contribution in [0.25, 0.3) is 11.3 Å². The molecule has 0 atom stereocenters. The van der Waals surface area contributed by atoms with Crippen LogP contribution in [0.15, 0.2) is 29.6 Å². The van der Waals surface area contributed by atoms with Crippen LogP contribution in [0, 0.1) is 0 Å². The predicted molar refractivity (Wildman–Crippen MR) is 81.9 cm³/mol. The molecule has 2 N–H and O–H groups in total. The topological polar surface area (TPSA) is 79.3 Å². The van der Waals surface area contributed by atoms with Crippen molar-refractivity contribution in [2.75, 3.05) is 6.54 Å². The molecule has 0 saturated heterocycles. The number of amides is 1. The first kappa shape index (κ1) is 17.9. The van der Waals surface area contributed by atoms with Crippen LogP contribution in [0.4, 0.5) is 13.2 Å². The number of hydrogen-bond donors (Lipinski definition) is 2. The van der Waals surface area contributed by atoms with E-state index in [2.05, 4.69) is 10.3 Å². The highest BCUT2D eigenvalue weighted by Gasteiger charge is 2.26. The summed E-state index contributed by atoms with van der Waals surface area (Å²) in [6.45, 7) is -0.477. The summed E-state index contributed by atoms with van der Waals surface area (Å²) in [5.41, 5.74) is 1.51. The number of aliphatic carboxylic acids is 1. The van der Waals surface area contributed by atoms with Gasteiger partial charge in [-0.2, -0.15) is 13.2 Å². The minimum absolute atomic E-state index is 0.162. The van der Waals surface area contributed by atoms with Crippen molar-refractivity contribution in [3.05, 3.63) is 40.2 Å². The van der Waals surface area contributed by atoms with E-state index in [0.717, 1.165) is 0 Å². The SMILES string of the molecule is O=C(O)Cc1nc(-c2ccc(C(=O)NCCC(F)(F)F)cc2)cs1. The highest BCUT2D eigenvalue weighted by molar-refractivity contribution is 7.10. The molecule has 1 aromatic carbocycles. The van der Waals surface area contributed by atoms with E-state index in [0.29, 0.717) is 16.3 Å². The summed E-state index contributed by atoms with van der Waals surface area (Å²) in [4.78, 5) is 26.6. The zero-order valence-electron chi connectivity index (χ0n) is 12.3. The number of nitrogens with zero attached hydrogens (tertiary/aromatic N) is 1. The number of carboxylic acid groups (broad SMARTS) is 1. The van der Waals surface area contributed by atoms with Crippen LogP contribution in [0.2, 0.25) is 0 Å². The second kappa shape index (κ2) is 7.43. The smallest absolute Gasteiger partial charge is 0.390 e. The molecule has 0 spiro atoms. The molecule has 0 aliphatic heterocycles. The van der Waals surface area contributed by atoms with Crippen LogP contribution < -0.4 is 5.32 Å². The van der Waals surface area contributed by atoms with Gasteiger partial charge in [0.1, 0.15) is 5.01 Å². The fourth-order valence-electron chi connectivity index (χ4n) is 1.87. The summed E-state index contributed by atoms with van der Waals surface area (Å²) >= 11 is 1.22. The van der Waals surface area contributed by atoms with E-state index in [1.165, 1.54) is 23.5 Å². The van der Waals surface area contributed by atoms with Gasteiger partial charge in [0, 0.05) is 23.1 Å². The molecule has 5 nitrogen and oxygen atoms in total. The van der Waals surface area contributed by atoms with Gasteiger partial charge < -0.3 is 10.4 Å². The summed E-state index contributed by atoms with van der Waals surface area (Å²) in [5, 5.41) is 13.1. The van der Waals surface area contributed by atoms with Gasteiger partial charge in [-0.1, -0.05) is 12.1 Å². The Labute approximate surface area is 139 Å². The third kappa shape index (κ3) is 5.34. The van der Waals surface area contributed by atoms with Crippen molar-refractivity contribution in [1.82, 2.24) is 10.3 Å². The molecule has 0 bridgehead atoms. The van der Waals surface area contributed by atoms with Gasteiger partial charge in [0.2, 0.25) is 0 Å². The maximum Gasteiger partial charge on any atom is 0.390 e. The molecule has 0 saturated carbocycles. The van der Waals surface area contributed by atoms with Crippen LogP contribution in [0.1, 0.15) is 21.8 Å². The van der Waals surface area contributed by atoms with E-state index >= 15 is 0 Å². The quantitative estimate of drug-likeness (QED) is 0.832. The van der Waals surface area contributed by atoms with E-state index in [1.807, 2.05) is 0 Å². The minimum Gasteiger partial charge on any atom is -0.481 e. The molecule has 2 aromatic rings. The standard InChI is InChI=1S/C15H13F3N2O3S/c16-15(17,18)5-6-19-14(23)10-3-1-9(2-4-10)11-8-24-12(20-11)7-13(21)22/h1-4,8H,5-7H2,(H,19,23)(H,21,22). The van der Waals surface area contributed by atoms with Crippen LogP contribution in [-0.2, 0) is 11.2 Å². The lowest BCUT2D eigenvalue weighted by Gasteiger charge is -2.08. The van der Waals surface area contributed by atoms with Crippen LogP contribution in [0.3, 0.4) is 0 Å². The van der Waals surface area contributed by atoms with Crippen molar-refractivity contribution in [3.8, 4) is 11.3 Å². The van der Waals surface area contributed by atoms with Gasteiger partial charge in [-0.25, -0.2) is 4.98 Å². The van der Waals surface area contributed by atoms with Gasteiger partial charge >= 0.3 is 12.1 Å². The minimum atomic E-state index is -4.31. The molecule has 128 valence electrons. The largest absolute Gasteiger partial charge is 0.481 e. The lowest BCUT2D eigenvalue weighted by Crippen LogP contribution is -2.27. The molecule has 0 unspecified atom stereocenters. The van der Waals surface area contributed by atoms with Crippen LogP contribution >= 0.6 is 11.3 Å². The molecule has 9 heteroatoms. The van der Waals surface area contributed by atoms with Crippen molar-refractivity contribution in [1.29, 1.82) is 0 Å². The number of carbonyl (C=O) groups excluding carboxylic acids is 1. The van der Waals surface area contributed by atoms with Gasteiger partial charge in [-0.3, -0.25) is 9.59 Å². The number of alkyl halides is 3. The Morgan fingerprint density at radius 1 is 1.21 bits per heavy atom. The average Bonchev–Trinajstić information content (AvgIpc) is 2.93. The van der Waals surface area contributed by atoms with E-state index in [9.17, 15) is 22.8 Å². The Balaban J connectivity index is 1.98. The van der Waals surface area contributed by atoms with Gasteiger partial charge in [-0.15, -0.1) is 11.3 Å². The van der Waals surface area contributed by atoms with Crippen LogP contribution in [0.5, 0.6) is 0 Å². The fourth-order valence-corrected chi connectivity index (χ4v) is 2.66. The summed E-state index contributed by atoms with van der Waals surface area (Å²) in [7, 11) is 0. The number of thiazole rings is 1. The van der Waals surface area contributed by atoms with Gasteiger partial charge in [0.05, 0.1) is 18.5 Å². The Morgan fingerprint density at radius 2 is 1.88 bits per heavy atom. The van der Waals surface area contributed by atoms with E-state index in [-0.39, 0.29) is 12.0 Å². The van der Waals surface area contributed by atoms with Crippen LogP contribution in [-0.4, -0.2) is 34.7 Å². The summed E-state index contributed by atoms with van der Waals surface area (Å²) in [5.74, 6) is -1.56. The van der Waals surface area contributed by atoms with Crippen molar-refractivity contribution in [2.24, 2.45) is 0 Å². The maximum atomic E-state index is 12.0. The lowest BCUT2D eigenvalue weighted by atomic mass is 10.1.